The molecule has 1 amide bonds. The van der Waals surface area contributed by atoms with Crippen molar-refractivity contribution in [2.45, 2.75) is 25.1 Å². The van der Waals surface area contributed by atoms with Crippen LogP contribution < -0.4 is 0 Å². The van der Waals surface area contributed by atoms with E-state index in [1.807, 2.05) is 0 Å². The third kappa shape index (κ3) is 3.89. The van der Waals surface area contributed by atoms with Gasteiger partial charge in [-0.05, 0) is 45.1 Å². The molecule has 0 radical (unpaired) electrons. The smallest absolute Gasteiger partial charge is 0.337 e. The van der Waals surface area contributed by atoms with E-state index in [4.69, 9.17) is 0 Å². The molecule has 6 nitrogen and oxygen atoms in total. The van der Waals surface area contributed by atoms with Crippen molar-refractivity contribution >= 4 is 11.6 Å². The zero-order valence-corrected chi connectivity index (χ0v) is 16.7. The number of alkyl halides is 3. The summed E-state index contributed by atoms with van der Waals surface area (Å²) in [5.74, 6) is -0.182. The summed E-state index contributed by atoms with van der Waals surface area (Å²) in [6.07, 6.45) is 2.09. The molecule has 0 spiro atoms. The van der Waals surface area contributed by atoms with Gasteiger partial charge in [-0.15, -0.1) is 0 Å². The molecule has 0 unspecified atom stereocenters. The molecule has 0 saturated carbocycles. The van der Waals surface area contributed by atoms with Crippen molar-refractivity contribution in [2.24, 2.45) is 0 Å². The van der Waals surface area contributed by atoms with Crippen molar-refractivity contribution in [2.75, 3.05) is 27.2 Å². The number of fused-ring (bicyclic) bond motifs is 1. The summed E-state index contributed by atoms with van der Waals surface area (Å²) in [5, 5.41) is 0. The van der Waals surface area contributed by atoms with E-state index in [0.717, 1.165) is 38.1 Å². The van der Waals surface area contributed by atoms with Crippen LogP contribution in [0.15, 0.2) is 42.9 Å². The lowest BCUT2D eigenvalue weighted by atomic mass is 10.0. The van der Waals surface area contributed by atoms with Gasteiger partial charge >= 0.3 is 6.18 Å². The summed E-state index contributed by atoms with van der Waals surface area (Å²) in [5.41, 5.74) is 1.25. The summed E-state index contributed by atoms with van der Waals surface area (Å²) in [6.45, 7) is 1.88. The second kappa shape index (κ2) is 7.71. The summed E-state index contributed by atoms with van der Waals surface area (Å²) in [7, 11) is 3.85. The number of carbonyl (C=O) groups is 1. The Bertz CT molecular complexity index is 1050. The van der Waals surface area contributed by atoms with Crippen molar-refractivity contribution in [1.82, 2.24) is 24.2 Å². The van der Waals surface area contributed by atoms with E-state index in [1.165, 1.54) is 18.3 Å². The van der Waals surface area contributed by atoms with E-state index >= 15 is 0 Å². The van der Waals surface area contributed by atoms with E-state index in [-0.39, 0.29) is 17.6 Å². The Morgan fingerprint density at radius 1 is 1.10 bits per heavy atom. The number of nitrogens with zero attached hydrogens (tertiary/aromatic N) is 5. The molecule has 1 aliphatic heterocycles. The molecule has 0 atom stereocenters. The first-order valence-electron chi connectivity index (χ1n) is 9.70. The predicted molar refractivity (Wildman–Crippen MR) is 106 cm³/mol. The number of amides is 1. The van der Waals surface area contributed by atoms with Crippen LogP contribution in [0.4, 0.5) is 13.2 Å². The number of aromatic nitrogens is 3. The minimum atomic E-state index is -4.39. The van der Waals surface area contributed by atoms with Crippen LogP contribution in [-0.4, -0.2) is 63.3 Å². The highest BCUT2D eigenvalue weighted by atomic mass is 19.4. The second-order valence-electron chi connectivity index (χ2n) is 7.67. The van der Waals surface area contributed by atoms with Crippen molar-refractivity contribution in [3.05, 3.63) is 54.1 Å². The van der Waals surface area contributed by atoms with Gasteiger partial charge in [0.2, 0.25) is 0 Å². The molecule has 0 aliphatic carbocycles. The van der Waals surface area contributed by atoms with Crippen LogP contribution in [0, 0.1) is 0 Å². The summed E-state index contributed by atoms with van der Waals surface area (Å²) in [6, 6.07) is 5.03. The average Bonchev–Trinajstić information content (AvgIpc) is 3.16. The minimum Gasteiger partial charge on any atom is -0.337 e. The molecular formula is C21H22F3N5O. The number of benzene rings is 1. The number of hydrogen-bond acceptors (Lipinski definition) is 4. The van der Waals surface area contributed by atoms with Gasteiger partial charge in [-0.3, -0.25) is 9.20 Å². The van der Waals surface area contributed by atoms with Crippen molar-refractivity contribution in [3.8, 4) is 11.3 Å². The highest BCUT2D eigenvalue weighted by Gasteiger charge is 2.30. The zero-order chi connectivity index (χ0) is 21.5. The summed E-state index contributed by atoms with van der Waals surface area (Å²) < 4.78 is 40.2. The Kier molecular flexibility index (Phi) is 5.23. The number of carbonyl (C=O) groups excluding carboxylic acids is 1. The van der Waals surface area contributed by atoms with Gasteiger partial charge in [-0.25, -0.2) is 9.97 Å². The number of imidazole rings is 1. The number of hydrogen-bond donors (Lipinski definition) is 0. The molecule has 3 aromatic rings. The fourth-order valence-corrected chi connectivity index (χ4v) is 3.77. The third-order valence-electron chi connectivity index (χ3n) is 5.68. The SMILES string of the molecule is CN1CCC(N(C)C(=O)c2cn3c(-c4ccc(C(F)(F)F)cc4)cnc3cn2)CC1. The number of rotatable bonds is 3. The van der Waals surface area contributed by atoms with Crippen LogP contribution >= 0.6 is 0 Å². The van der Waals surface area contributed by atoms with Crippen molar-refractivity contribution in [3.63, 3.8) is 0 Å². The van der Waals surface area contributed by atoms with Crippen LogP contribution in [0.2, 0.25) is 0 Å². The highest BCUT2D eigenvalue weighted by Crippen LogP contribution is 2.31. The number of halogens is 3. The Labute approximate surface area is 172 Å². The maximum atomic E-state index is 13.0. The fourth-order valence-electron chi connectivity index (χ4n) is 3.77. The van der Waals surface area contributed by atoms with Gasteiger partial charge in [0.05, 0.1) is 23.7 Å². The Hall–Kier alpha value is -2.94. The van der Waals surface area contributed by atoms with Crippen molar-refractivity contribution < 1.29 is 18.0 Å². The van der Waals surface area contributed by atoms with Crippen LogP contribution in [0.3, 0.4) is 0 Å². The van der Waals surface area contributed by atoms with Gasteiger partial charge in [0.15, 0.2) is 5.65 Å². The molecule has 0 N–H and O–H groups in total. The normalized spacial score (nSPS) is 16.2. The molecule has 30 heavy (non-hydrogen) atoms. The molecule has 1 saturated heterocycles. The van der Waals surface area contributed by atoms with Gasteiger partial charge in [0.25, 0.3) is 5.91 Å². The maximum absolute atomic E-state index is 13.0. The topological polar surface area (TPSA) is 53.7 Å². The highest BCUT2D eigenvalue weighted by molar-refractivity contribution is 5.92. The first-order valence-corrected chi connectivity index (χ1v) is 9.70. The van der Waals surface area contributed by atoms with Crippen LogP contribution in [0.5, 0.6) is 0 Å². The van der Waals surface area contributed by atoms with E-state index in [9.17, 15) is 18.0 Å². The van der Waals surface area contributed by atoms with Gasteiger partial charge in [0, 0.05) is 24.8 Å². The third-order valence-corrected chi connectivity index (χ3v) is 5.68. The lowest BCUT2D eigenvalue weighted by Gasteiger charge is -2.34. The quantitative estimate of drug-likeness (QED) is 0.654. The van der Waals surface area contributed by atoms with Gasteiger partial charge in [-0.2, -0.15) is 13.2 Å². The molecule has 158 valence electrons. The van der Waals surface area contributed by atoms with Gasteiger partial charge in [0.1, 0.15) is 5.69 Å². The first-order chi connectivity index (χ1) is 14.2. The molecule has 1 fully saturated rings. The summed E-state index contributed by atoms with van der Waals surface area (Å²) >= 11 is 0. The van der Waals surface area contributed by atoms with Crippen LogP contribution in [-0.2, 0) is 6.18 Å². The fraction of sp³-hybridized carbons (Fsp3) is 0.381. The molecule has 0 bridgehead atoms. The van der Waals surface area contributed by atoms with Gasteiger partial charge < -0.3 is 9.80 Å². The Morgan fingerprint density at radius 3 is 2.40 bits per heavy atom. The second-order valence-corrected chi connectivity index (χ2v) is 7.67. The van der Waals surface area contributed by atoms with E-state index < -0.39 is 11.7 Å². The van der Waals surface area contributed by atoms with E-state index in [0.29, 0.717) is 16.9 Å². The van der Waals surface area contributed by atoms with Crippen molar-refractivity contribution in [1.29, 1.82) is 0 Å². The van der Waals surface area contributed by atoms with Gasteiger partial charge in [-0.1, -0.05) is 12.1 Å². The molecule has 2 aromatic heterocycles. The molecule has 3 heterocycles. The lowest BCUT2D eigenvalue weighted by Crippen LogP contribution is -2.44. The van der Waals surface area contributed by atoms with Crippen LogP contribution in [0.1, 0.15) is 28.9 Å². The molecule has 1 aliphatic rings. The monoisotopic (exact) mass is 417 g/mol. The molecular weight excluding hydrogens is 395 g/mol. The number of likely N-dealkylation sites (tertiary alicyclic amines) is 1. The molecule has 9 heteroatoms. The molecule has 1 aromatic carbocycles. The largest absolute Gasteiger partial charge is 0.416 e. The number of piperidine rings is 1. The van der Waals surface area contributed by atoms with Crippen LogP contribution in [0.25, 0.3) is 16.9 Å². The van der Waals surface area contributed by atoms with E-state index in [2.05, 4.69) is 21.9 Å². The maximum Gasteiger partial charge on any atom is 0.416 e. The molecule has 4 rings (SSSR count). The zero-order valence-electron chi connectivity index (χ0n) is 16.7. The average molecular weight is 417 g/mol. The summed E-state index contributed by atoms with van der Waals surface area (Å²) in [4.78, 5) is 25.5. The minimum absolute atomic E-state index is 0.156. The standard InChI is InChI=1S/C21H22F3N5O/c1-27-9-7-16(8-10-27)28(2)20(30)17-13-29-18(11-26-19(29)12-25-17)14-3-5-15(6-4-14)21(22,23)24/h3-6,11-13,16H,7-10H2,1-2H3. The Morgan fingerprint density at radius 2 is 1.77 bits per heavy atom. The lowest BCUT2D eigenvalue weighted by molar-refractivity contribution is -0.137. The first kappa shape index (κ1) is 20.3. The Balaban J connectivity index is 1.62. The van der Waals surface area contributed by atoms with E-state index in [1.54, 1.807) is 28.7 Å². The predicted octanol–water partition coefficient (Wildman–Crippen LogP) is 3.58.